The molecule has 0 fully saturated rings. The van der Waals surface area contributed by atoms with Crippen molar-refractivity contribution < 1.29 is 14.8 Å². The number of carbonyl (C=O) groups is 1. The van der Waals surface area contributed by atoms with Gasteiger partial charge in [0.1, 0.15) is 5.75 Å². The second-order valence-electron chi connectivity index (χ2n) is 4.47. The number of rotatable bonds is 3. The molecule has 2 rings (SSSR count). The minimum Gasteiger partial charge on any atom is -0.505 e. The molecular weight excluding hydrogens is 274 g/mol. The number of nitrogens with two attached hydrogens (primary N) is 1. The first-order valence-corrected chi connectivity index (χ1v) is 6.04. The molecule has 0 aliphatic carbocycles. The summed E-state index contributed by atoms with van der Waals surface area (Å²) in [6.07, 6.45) is 0. The molecule has 108 valence electrons. The molecule has 0 heterocycles. The molecule has 0 spiro atoms. The number of amides is 1. The molecule has 0 saturated carbocycles. The van der Waals surface area contributed by atoms with E-state index in [0.717, 1.165) is 5.56 Å². The monoisotopic (exact) mass is 287 g/mol. The lowest BCUT2D eigenvalue weighted by molar-refractivity contribution is -0.384. The average molecular weight is 287 g/mol. The number of nitrogens with zero attached hydrogens (tertiary/aromatic N) is 1. The molecular formula is C14H13N3O4. The van der Waals surface area contributed by atoms with Gasteiger partial charge in [-0.05, 0) is 25.1 Å². The van der Waals surface area contributed by atoms with Crippen molar-refractivity contribution in [3.05, 3.63) is 57.6 Å². The fraction of sp³-hybridized carbons (Fsp3) is 0.0714. The summed E-state index contributed by atoms with van der Waals surface area (Å²) in [5, 5.41) is 23.0. The second-order valence-corrected chi connectivity index (χ2v) is 4.47. The number of hydrogen-bond acceptors (Lipinski definition) is 5. The molecule has 2 aromatic rings. The summed E-state index contributed by atoms with van der Waals surface area (Å²) in [5.74, 6) is -1.01. The van der Waals surface area contributed by atoms with Gasteiger partial charge in [0.25, 0.3) is 11.6 Å². The standard InChI is InChI=1S/C14H13N3O4/c1-8-5-6-10(15)9(7-8)14(19)16-13-11(17(20)21)3-2-4-12(13)18/h2-7,18H,15H2,1H3,(H,16,19). The average Bonchev–Trinajstić information content (AvgIpc) is 2.43. The number of anilines is 2. The molecule has 0 saturated heterocycles. The number of aryl methyl sites for hydroxylation is 1. The molecule has 7 heteroatoms. The van der Waals surface area contributed by atoms with Gasteiger partial charge in [-0.2, -0.15) is 0 Å². The number of para-hydroxylation sites is 1. The largest absolute Gasteiger partial charge is 0.505 e. The van der Waals surface area contributed by atoms with E-state index in [9.17, 15) is 20.0 Å². The van der Waals surface area contributed by atoms with E-state index in [4.69, 9.17) is 5.73 Å². The van der Waals surface area contributed by atoms with Gasteiger partial charge in [0.2, 0.25) is 0 Å². The number of hydrogen-bond donors (Lipinski definition) is 3. The molecule has 0 unspecified atom stereocenters. The Morgan fingerprint density at radius 2 is 2.05 bits per heavy atom. The number of carbonyl (C=O) groups excluding carboxylic acids is 1. The molecule has 0 radical (unpaired) electrons. The molecule has 0 aliphatic heterocycles. The molecule has 0 aromatic heterocycles. The van der Waals surface area contributed by atoms with Crippen LogP contribution in [0.25, 0.3) is 0 Å². The summed E-state index contributed by atoms with van der Waals surface area (Å²) < 4.78 is 0. The molecule has 7 nitrogen and oxygen atoms in total. The molecule has 21 heavy (non-hydrogen) atoms. The van der Waals surface area contributed by atoms with Crippen molar-refractivity contribution in [2.24, 2.45) is 0 Å². The summed E-state index contributed by atoms with van der Waals surface area (Å²) in [6.45, 7) is 1.79. The van der Waals surface area contributed by atoms with Crippen LogP contribution in [-0.2, 0) is 0 Å². The van der Waals surface area contributed by atoms with Crippen LogP contribution in [-0.4, -0.2) is 15.9 Å². The zero-order valence-electron chi connectivity index (χ0n) is 11.2. The third-order valence-electron chi connectivity index (χ3n) is 2.91. The first-order valence-electron chi connectivity index (χ1n) is 6.04. The summed E-state index contributed by atoms with van der Waals surface area (Å²) in [7, 11) is 0. The minimum absolute atomic E-state index is 0.188. The van der Waals surface area contributed by atoms with Crippen LogP contribution in [0.5, 0.6) is 5.75 Å². The Morgan fingerprint density at radius 1 is 1.33 bits per heavy atom. The van der Waals surface area contributed by atoms with Crippen molar-refractivity contribution in [1.29, 1.82) is 0 Å². The van der Waals surface area contributed by atoms with Gasteiger partial charge in [-0.15, -0.1) is 0 Å². The highest BCUT2D eigenvalue weighted by Gasteiger charge is 2.21. The first-order chi connectivity index (χ1) is 9.90. The number of aromatic hydroxyl groups is 1. The van der Waals surface area contributed by atoms with Crippen LogP contribution >= 0.6 is 0 Å². The second kappa shape index (κ2) is 5.49. The molecule has 2 aromatic carbocycles. The lowest BCUT2D eigenvalue weighted by Gasteiger charge is -2.10. The Balaban J connectivity index is 2.41. The van der Waals surface area contributed by atoms with Crippen molar-refractivity contribution in [2.75, 3.05) is 11.1 Å². The van der Waals surface area contributed by atoms with Crippen molar-refractivity contribution in [2.45, 2.75) is 6.92 Å². The van der Waals surface area contributed by atoms with Gasteiger partial charge >= 0.3 is 0 Å². The summed E-state index contributed by atoms with van der Waals surface area (Å²) >= 11 is 0. The number of nitro benzene ring substituents is 1. The van der Waals surface area contributed by atoms with Crippen LogP contribution in [0.2, 0.25) is 0 Å². The van der Waals surface area contributed by atoms with Crippen LogP contribution in [0.3, 0.4) is 0 Å². The predicted octanol–water partition coefficient (Wildman–Crippen LogP) is 2.44. The zero-order valence-corrected chi connectivity index (χ0v) is 11.2. The predicted molar refractivity (Wildman–Crippen MR) is 78.3 cm³/mol. The van der Waals surface area contributed by atoms with E-state index in [1.807, 2.05) is 0 Å². The fourth-order valence-corrected chi connectivity index (χ4v) is 1.86. The number of phenolic OH excluding ortho intramolecular Hbond substituents is 1. The van der Waals surface area contributed by atoms with Crippen molar-refractivity contribution >= 4 is 23.0 Å². The molecule has 4 N–H and O–H groups in total. The van der Waals surface area contributed by atoms with Gasteiger partial charge in [0.15, 0.2) is 5.69 Å². The first kappa shape index (κ1) is 14.3. The van der Waals surface area contributed by atoms with Crippen LogP contribution in [0.1, 0.15) is 15.9 Å². The highest BCUT2D eigenvalue weighted by atomic mass is 16.6. The van der Waals surface area contributed by atoms with Crippen molar-refractivity contribution in [3.8, 4) is 5.75 Å². The maximum atomic E-state index is 12.2. The smallest absolute Gasteiger partial charge is 0.296 e. The van der Waals surface area contributed by atoms with Crippen molar-refractivity contribution in [3.63, 3.8) is 0 Å². The fourth-order valence-electron chi connectivity index (χ4n) is 1.86. The quantitative estimate of drug-likeness (QED) is 0.347. The minimum atomic E-state index is -0.686. The molecule has 0 bridgehead atoms. The normalized spacial score (nSPS) is 10.1. The third-order valence-corrected chi connectivity index (χ3v) is 2.91. The van der Waals surface area contributed by atoms with Gasteiger partial charge in [0, 0.05) is 11.8 Å². The molecule has 1 amide bonds. The van der Waals surface area contributed by atoms with Crippen LogP contribution in [0.4, 0.5) is 17.1 Å². The molecule has 0 atom stereocenters. The van der Waals surface area contributed by atoms with Gasteiger partial charge in [-0.25, -0.2) is 0 Å². The Labute approximate surface area is 120 Å². The van der Waals surface area contributed by atoms with E-state index >= 15 is 0 Å². The lowest BCUT2D eigenvalue weighted by Crippen LogP contribution is -2.15. The highest BCUT2D eigenvalue weighted by Crippen LogP contribution is 2.33. The SMILES string of the molecule is Cc1ccc(N)c(C(=O)Nc2c(O)cccc2[N+](=O)[O-])c1. The summed E-state index contributed by atoms with van der Waals surface area (Å²) in [5.41, 5.74) is 6.33. The number of benzene rings is 2. The number of nitrogen functional groups attached to an aromatic ring is 1. The maximum Gasteiger partial charge on any atom is 0.296 e. The molecule has 0 aliphatic rings. The van der Waals surface area contributed by atoms with Crippen LogP contribution < -0.4 is 11.1 Å². The van der Waals surface area contributed by atoms with Crippen LogP contribution in [0, 0.1) is 17.0 Å². The van der Waals surface area contributed by atoms with E-state index in [1.54, 1.807) is 25.1 Å². The van der Waals surface area contributed by atoms with E-state index in [2.05, 4.69) is 5.32 Å². The van der Waals surface area contributed by atoms with E-state index < -0.39 is 16.5 Å². The lowest BCUT2D eigenvalue weighted by atomic mass is 10.1. The number of phenols is 1. The van der Waals surface area contributed by atoms with Gasteiger partial charge in [0.05, 0.1) is 10.5 Å². The van der Waals surface area contributed by atoms with Crippen LogP contribution in [0.15, 0.2) is 36.4 Å². The van der Waals surface area contributed by atoms with E-state index in [1.165, 1.54) is 18.2 Å². The van der Waals surface area contributed by atoms with E-state index in [-0.39, 0.29) is 22.7 Å². The van der Waals surface area contributed by atoms with E-state index in [0.29, 0.717) is 0 Å². The maximum absolute atomic E-state index is 12.2. The topological polar surface area (TPSA) is 118 Å². The Kier molecular flexibility index (Phi) is 3.75. The van der Waals surface area contributed by atoms with Gasteiger partial charge in [-0.3, -0.25) is 14.9 Å². The van der Waals surface area contributed by atoms with Gasteiger partial charge in [-0.1, -0.05) is 17.7 Å². The highest BCUT2D eigenvalue weighted by molar-refractivity contribution is 6.09. The Bertz CT molecular complexity index is 728. The number of nitro groups is 1. The van der Waals surface area contributed by atoms with Gasteiger partial charge < -0.3 is 16.2 Å². The summed E-state index contributed by atoms with van der Waals surface area (Å²) in [6, 6.07) is 8.65. The third kappa shape index (κ3) is 2.92. The Morgan fingerprint density at radius 3 is 2.71 bits per heavy atom. The number of nitrogens with one attached hydrogen (secondary N) is 1. The summed E-state index contributed by atoms with van der Waals surface area (Å²) in [4.78, 5) is 22.4. The van der Waals surface area contributed by atoms with Crippen molar-refractivity contribution in [1.82, 2.24) is 0 Å². The zero-order chi connectivity index (χ0) is 15.6. The Hall–Kier alpha value is -3.09.